The molecule has 82 heavy (non-hydrogen) atoms. The van der Waals surface area contributed by atoms with Crippen LogP contribution in [0.5, 0.6) is 17.2 Å². The third kappa shape index (κ3) is 10.7. The smallest absolute Gasteiger partial charge is 0.291 e. The van der Waals surface area contributed by atoms with Gasteiger partial charge < -0.3 is 68.5 Å². The van der Waals surface area contributed by atoms with Crippen LogP contribution in [-0.4, -0.2) is 132 Å². The van der Waals surface area contributed by atoms with Crippen molar-refractivity contribution >= 4 is 62.8 Å². The monoisotopic (exact) mass is 1110 g/mol. The van der Waals surface area contributed by atoms with Gasteiger partial charge in [0.2, 0.25) is 0 Å². The Labute approximate surface area is 472 Å². The van der Waals surface area contributed by atoms with Crippen LogP contribution in [0, 0.1) is 0 Å². The Kier molecular flexibility index (Phi) is 13.4. The molecule has 4 N–H and O–H groups in total. The highest BCUT2D eigenvalue weighted by molar-refractivity contribution is 6.07. The van der Waals surface area contributed by atoms with Crippen LogP contribution in [-0.2, 0) is 39.9 Å². The summed E-state index contributed by atoms with van der Waals surface area (Å²) in [4.78, 5) is 77.2. The SMILES string of the molecule is CC1(C)Cc2cc(NC(=O)c3cncc(CC4(C)Cc5cc(NC(=O)c6cc7ccncc7o6)c(N6CCOCC6)cc5O4)n3)c(N3CCOC(C4CN(c5cc6c(cc5NC(=O)c5ccc[nH]c5=O)CC(C)(C)O6)CCO4)C3)cc2O1. The second-order valence-electron chi connectivity index (χ2n) is 23.4. The second kappa shape index (κ2) is 20.8. The van der Waals surface area contributed by atoms with E-state index < -0.39 is 34.2 Å². The molecule has 0 bridgehead atoms. The molecule has 0 spiro atoms. The molecule has 4 aromatic heterocycles. The fourth-order valence-electron chi connectivity index (χ4n) is 12.2. The van der Waals surface area contributed by atoms with E-state index in [1.165, 1.54) is 18.5 Å². The second-order valence-corrected chi connectivity index (χ2v) is 23.4. The van der Waals surface area contributed by atoms with E-state index in [9.17, 15) is 19.2 Å². The van der Waals surface area contributed by atoms with Crippen molar-refractivity contribution in [2.45, 2.75) is 89.3 Å². The minimum atomic E-state index is -0.760. The third-order valence-electron chi connectivity index (χ3n) is 15.9. The average molecular weight is 1110 g/mol. The van der Waals surface area contributed by atoms with Gasteiger partial charge in [-0.1, -0.05) is 0 Å². The van der Waals surface area contributed by atoms with Crippen LogP contribution in [0.2, 0.25) is 0 Å². The number of nitrogens with zero attached hydrogens (tertiary/aromatic N) is 6. The number of furan rings is 1. The lowest BCUT2D eigenvalue weighted by molar-refractivity contribution is -0.0824. The van der Waals surface area contributed by atoms with E-state index >= 15 is 0 Å². The summed E-state index contributed by atoms with van der Waals surface area (Å²) in [5, 5.41) is 10.1. The Balaban J connectivity index is 0.721. The van der Waals surface area contributed by atoms with E-state index in [4.69, 9.17) is 37.8 Å². The molecule has 0 saturated carbocycles. The summed E-state index contributed by atoms with van der Waals surface area (Å²) in [7, 11) is 0. The molecule has 0 radical (unpaired) electrons. The number of aromatic nitrogens is 4. The van der Waals surface area contributed by atoms with Crippen LogP contribution in [0.15, 0.2) is 101 Å². The predicted octanol–water partition coefficient (Wildman–Crippen LogP) is 7.37. The molecule has 7 aromatic rings. The summed E-state index contributed by atoms with van der Waals surface area (Å²) in [5.74, 6) is 1.04. The number of anilines is 6. The van der Waals surface area contributed by atoms with Gasteiger partial charge in [0.05, 0.1) is 78.6 Å². The molecule has 10 heterocycles. The third-order valence-corrected chi connectivity index (χ3v) is 15.9. The molecule has 13 rings (SSSR count). The van der Waals surface area contributed by atoms with Gasteiger partial charge in [-0.25, -0.2) is 4.98 Å². The highest BCUT2D eigenvalue weighted by Gasteiger charge is 2.40. The Morgan fingerprint density at radius 3 is 1.83 bits per heavy atom. The molecule has 3 saturated heterocycles. The number of hydrogen-bond acceptors (Lipinski definition) is 17. The molecule has 0 aliphatic carbocycles. The molecule has 3 amide bonds. The predicted molar refractivity (Wildman–Crippen MR) is 306 cm³/mol. The van der Waals surface area contributed by atoms with Crippen LogP contribution in [0.1, 0.15) is 88.4 Å². The molecule has 3 aromatic carbocycles. The van der Waals surface area contributed by atoms with Gasteiger partial charge in [-0.15, -0.1) is 0 Å². The van der Waals surface area contributed by atoms with Crippen molar-refractivity contribution in [3.63, 3.8) is 0 Å². The number of nitrogens with one attached hydrogen (secondary N) is 4. The van der Waals surface area contributed by atoms with E-state index in [1.807, 2.05) is 71.0 Å². The van der Waals surface area contributed by atoms with Gasteiger partial charge in [0.1, 0.15) is 57.5 Å². The lowest BCUT2D eigenvalue weighted by Crippen LogP contribution is -2.55. The molecule has 3 atom stereocenters. The highest BCUT2D eigenvalue weighted by atomic mass is 16.5. The molecule has 6 aliphatic heterocycles. The van der Waals surface area contributed by atoms with E-state index in [1.54, 1.807) is 36.8 Å². The minimum absolute atomic E-state index is 0.00764. The van der Waals surface area contributed by atoms with Gasteiger partial charge >= 0.3 is 0 Å². The molecule has 21 nitrogen and oxygen atoms in total. The van der Waals surface area contributed by atoms with Crippen molar-refractivity contribution in [1.82, 2.24) is 19.9 Å². The number of amides is 3. The number of ether oxygens (including phenoxy) is 6. The number of aromatic amines is 1. The Bertz CT molecular complexity index is 3710. The van der Waals surface area contributed by atoms with E-state index in [2.05, 4.69) is 45.6 Å². The van der Waals surface area contributed by atoms with Crippen LogP contribution in [0.4, 0.5) is 34.1 Å². The summed E-state index contributed by atoms with van der Waals surface area (Å²) in [6.45, 7) is 15.2. The minimum Gasteiger partial charge on any atom is -0.487 e. The zero-order chi connectivity index (χ0) is 56.5. The Morgan fingerprint density at radius 2 is 1.21 bits per heavy atom. The average Bonchev–Trinajstić information content (AvgIpc) is 4.41. The standard InChI is InChI=1S/C61H64N10O11/c1-59(2)26-36-19-42(66-56(73)40-7-6-9-64-55(40)72)46(24-48(36)80-59)70-13-17-77-53(33-70)54-34-71(14-18-78-54)47-25-49-37(27-60(3,4)81-49)20-43(47)67-57(74)44-31-63-30-39(65-44)29-61(5)28-38-21-41(45(23-50(38)82-61)69-11-15-76-16-12-69)68-58(75)51-22-35-8-10-62-32-52(35)79-51/h6-10,19-25,30-32,53-54H,11-18,26-29,33-34H2,1-5H3,(H,64,72)(H,66,73)(H,67,74)(H,68,75). The van der Waals surface area contributed by atoms with E-state index in [0.29, 0.717) is 125 Å². The highest BCUT2D eigenvalue weighted by Crippen LogP contribution is 2.46. The van der Waals surface area contributed by atoms with Crippen LogP contribution in [0.25, 0.3) is 11.0 Å². The fraction of sp³-hybridized carbons (Fsp3) is 0.393. The van der Waals surface area contributed by atoms with Crippen molar-refractivity contribution in [1.29, 1.82) is 0 Å². The maximum absolute atomic E-state index is 14.5. The lowest BCUT2D eigenvalue weighted by atomic mass is 9.94. The van der Waals surface area contributed by atoms with Crippen LogP contribution < -0.4 is 50.4 Å². The quantitative estimate of drug-likeness (QED) is 0.0934. The molecule has 424 valence electrons. The van der Waals surface area contributed by atoms with Gasteiger partial charge in [0, 0.05) is 124 Å². The molecule has 3 unspecified atom stereocenters. The number of carbonyl (C=O) groups is 3. The maximum Gasteiger partial charge on any atom is 0.291 e. The van der Waals surface area contributed by atoms with Crippen molar-refractivity contribution in [2.24, 2.45) is 0 Å². The molecule has 21 heteroatoms. The molecule has 6 aliphatic rings. The summed E-state index contributed by atoms with van der Waals surface area (Å²) in [6, 6.07) is 18.5. The number of pyridine rings is 2. The molecule has 3 fully saturated rings. The maximum atomic E-state index is 14.5. The zero-order valence-electron chi connectivity index (χ0n) is 46.4. The number of benzene rings is 3. The first-order chi connectivity index (χ1) is 39.5. The number of hydrogen-bond donors (Lipinski definition) is 4. The number of carbonyl (C=O) groups excluding carboxylic acids is 3. The summed E-state index contributed by atoms with van der Waals surface area (Å²) < 4.78 is 44.1. The van der Waals surface area contributed by atoms with Crippen LogP contribution in [0.3, 0.4) is 0 Å². The first kappa shape index (κ1) is 52.8. The number of fused-ring (bicyclic) bond motifs is 4. The summed E-state index contributed by atoms with van der Waals surface area (Å²) >= 11 is 0. The van der Waals surface area contributed by atoms with Crippen molar-refractivity contribution in [3.8, 4) is 17.2 Å². The van der Waals surface area contributed by atoms with Crippen molar-refractivity contribution < 1.29 is 47.2 Å². The van der Waals surface area contributed by atoms with Gasteiger partial charge in [0.25, 0.3) is 23.3 Å². The van der Waals surface area contributed by atoms with E-state index in [0.717, 1.165) is 50.6 Å². The van der Waals surface area contributed by atoms with E-state index in [-0.39, 0.29) is 35.1 Å². The van der Waals surface area contributed by atoms with Gasteiger partial charge in [-0.05, 0) is 77.1 Å². The van der Waals surface area contributed by atoms with Gasteiger partial charge in [-0.2, -0.15) is 0 Å². The van der Waals surface area contributed by atoms with Crippen molar-refractivity contribution in [2.75, 3.05) is 96.3 Å². The van der Waals surface area contributed by atoms with Crippen LogP contribution >= 0.6 is 0 Å². The largest absolute Gasteiger partial charge is 0.487 e. The van der Waals surface area contributed by atoms with Gasteiger partial charge in [0.15, 0.2) is 11.3 Å². The Morgan fingerprint density at radius 1 is 0.634 bits per heavy atom. The summed E-state index contributed by atoms with van der Waals surface area (Å²) in [6.07, 6.45) is 9.24. The summed E-state index contributed by atoms with van der Waals surface area (Å²) in [5.41, 5.74) is 6.09. The first-order valence-corrected chi connectivity index (χ1v) is 27.9. The molecular weight excluding hydrogens is 1050 g/mol. The first-order valence-electron chi connectivity index (χ1n) is 27.9. The van der Waals surface area contributed by atoms with Gasteiger partial charge in [-0.3, -0.25) is 29.1 Å². The number of morpholine rings is 3. The fourth-order valence-corrected chi connectivity index (χ4v) is 12.2. The normalized spacial score (nSPS) is 21.4. The lowest BCUT2D eigenvalue weighted by Gasteiger charge is -2.43. The molecular formula is C61H64N10O11. The topological polar surface area (TPSA) is 237 Å². The number of H-pyrrole nitrogens is 1. The Hall–Kier alpha value is -8.53. The zero-order valence-corrected chi connectivity index (χ0v) is 46.4. The number of rotatable bonds is 12. The van der Waals surface area contributed by atoms with Crippen molar-refractivity contribution in [3.05, 3.63) is 141 Å².